The van der Waals surface area contributed by atoms with Crippen LogP contribution in [0.15, 0.2) is 17.1 Å². The number of halogens is 1. The number of fused-ring (bicyclic) bond motifs is 1. The van der Waals surface area contributed by atoms with E-state index >= 15 is 0 Å². The Morgan fingerprint density at radius 1 is 1.24 bits per heavy atom. The van der Waals surface area contributed by atoms with E-state index in [2.05, 4.69) is 10.2 Å². The summed E-state index contributed by atoms with van der Waals surface area (Å²) in [4.78, 5) is 19.1. The van der Waals surface area contributed by atoms with Gasteiger partial charge < -0.3 is 15.0 Å². The van der Waals surface area contributed by atoms with Gasteiger partial charge in [-0.3, -0.25) is 0 Å². The molecule has 0 aromatic heterocycles. The minimum absolute atomic E-state index is 0.402. The monoisotopic (exact) mass is 359 g/mol. The molecule has 2 aliphatic carbocycles. The number of carbonyl (C=O) groups is 1. The Kier molecular flexibility index (Phi) is 3.49. The minimum Gasteiger partial charge on any atom is -0.409 e. The maximum atomic E-state index is 11.5. The molecular weight excluding hydrogens is 338 g/mol. The van der Waals surface area contributed by atoms with Gasteiger partial charge in [-0.05, 0) is 56.1 Å². The summed E-state index contributed by atoms with van der Waals surface area (Å²) in [5.74, 6) is 4.00. The Morgan fingerprint density at radius 2 is 2.00 bits per heavy atom. The maximum Gasteiger partial charge on any atom is 0.412 e. The van der Waals surface area contributed by atoms with Crippen molar-refractivity contribution >= 4 is 29.2 Å². The van der Waals surface area contributed by atoms with E-state index in [0.717, 1.165) is 29.6 Å². The van der Waals surface area contributed by atoms with Crippen molar-refractivity contribution in [3.8, 4) is 5.75 Å². The minimum atomic E-state index is -0.507. The first-order valence-corrected chi connectivity index (χ1v) is 9.56. The zero-order valence-corrected chi connectivity index (χ0v) is 15.1. The summed E-state index contributed by atoms with van der Waals surface area (Å²) in [5, 5.41) is 2.96. The van der Waals surface area contributed by atoms with Crippen molar-refractivity contribution in [3.63, 3.8) is 0 Å². The van der Waals surface area contributed by atoms with Gasteiger partial charge in [-0.1, -0.05) is 11.6 Å². The van der Waals surface area contributed by atoms with Gasteiger partial charge in [0, 0.05) is 31.1 Å². The number of benzene rings is 1. The SMILES string of the molecule is CNC(=O)Oc1ccc2c(c1Cl)CN1C(=N2)C2CC3CC(C2)CC1C3. The molecule has 1 aromatic rings. The molecule has 2 saturated heterocycles. The number of ether oxygens (including phenoxy) is 1. The Balaban J connectivity index is 1.54. The van der Waals surface area contributed by atoms with Crippen molar-refractivity contribution in [2.45, 2.75) is 44.7 Å². The normalized spacial score (nSPS) is 31.8. The molecule has 2 unspecified atom stereocenters. The lowest BCUT2D eigenvalue weighted by Crippen LogP contribution is -2.42. The van der Waals surface area contributed by atoms with Gasteiger partial charge in [-0.15, -0.1) is 0 Å². The van der Waals surface area contributed by atoms with Crippen molar-refractivity contribution in [3.05, 3.63) is 22.7 Å². The largest absolute Gasteiger partial charge is 0.412 e. The Bertz CT molecular complexity index is 764. The molecule has 5 nitrogen and oxygen atoms in total. The van der Waals surface area contributed by atoms with Gasteiger partial charge >= 0.3 is 6.09 Å². The molecule has 3 heterocycles. The zero-order valence-electron chi connectivity index (χ0n) is 14.3. The summed E-state index contributed by atoms with van der Waals surface area (Å²) < 4.78 is 5.28. The van der Waals surface area contributed by atoms with Crippen LogP contribution < -0.4 is 10.1 Å². The third kappa shape index (κ3) is 2.43. The standard InChI is InChI=1S/C19H22ClN3O2/c1-21-19(24)25-16-3-2-15-14(17(16)20)9-23-13-7-10-4-11(8-13)6-12(5-10)18(23)22-15/h2-3,10-13H,4-9H2,1H3,(H,21,24). The predicted octanol–water partition coefficient (Wildman–Crippen LogP) is 4.11. The lowest BCUT2D eigenvalue weighted by Gasteiger charge is -2.39. The van der Waals surface area contributed by atoms with Crippen LogP contribution in [0, 0.1) is 17.8 Å². The van der Waals surface area contributed by atoms with Crippen LogP contribution in [0.5, 0.6) is 5.75 Å². The van der Waals surface area contributed by atoms with Crippen LogP contribution in [0.25, 0.3) is 0 Å². The number of hydrogen-bond acceptors (Lipinski definition) is 4. The molecule has 1 aromatic carbocycles. The van der Waals surface area contributed by atoms with Crippen molar-refractivity contribution in [1.29, 1.82) is 0 Å². The van der Waals surface area contributed by atoms with Crippen LogP contribution in [0.1, 0.15) is 37.7 Å². The summed E-state index contributed by atoms with van der Waals surface area (Å²) in [6.07, 6.45) is 6.06. The average molecular weight is 360 g/mol. The van der Waals surface area contributed by atoms with Crippen LogP contribution in [-0.4, -0.2) is 29.9 Å². The van der Waals surface area contributed by atoms with Gasteiger partial charge in [0.1, 0.15) is 5.84 Å². The second-order valence-electron chi connectivity index (χ2n) is 7.87. The molecule has 2 atom stereocenters. The van der Waals surface area contributed by atoms with Gasteiger partial charge in [0.25, 0.3) is 0 Å². The first kappa shape index (κ1) is 15.5. The van der Waals surface area contributed by atoms with E-state index in [-0.39, 0.29) is 0 Å². The van der Waals surface area contributed by atoms with E-state index in [4.69, 9.17) is 21.3 Å². The van der Waals surface area contributed by atoms with Crippen molar-refractivity contribution in [2.75, 3.05) is 7.05 Å². The highest BCUT2D eigenvalue weighted by molar-refractivity contribution is 6.33. The molecule has 3 aliphatic heterocycles. The third-order valence-corrected chi connectivity index (χ3v) is 6.78. The van der Waals surface area contributed by atoms with Crippen molar-refractivity contribution in [1.82, 2.24) is 10.2 Å². The average Bonchev–Trinajstić information content (AvgIpc) is 2.77. The van der Waals surface area contributed by atoms with E-state index < -0.39 is 6.09 Å². The summed E-state index contributed by atoms with van der Waals surface area (Å²) >= 11 is 6.58. The fourth-order valence-corrected chi connectivity index (χ4v) is 5.69. The number of nitrogens with zero attached hydrogens (tertiary/aromatic N) is 2. The fourth-order valence-electron chi connectivity index (χ4n) is 5.44. The van der Waals surface area contributed by atoms with Gasteiger partial charge in [0.2, 0.25) is 0 Å². The molecule has 1 amide bonds. The van der Waals surface area contributed by atoms with Gasteiger partial charge in [0.05, 0.1) is 10.7 Å². The Morgan fingerprint density at radius 3 is 2.72 bits per heavy atom. The van der Waals surface area contributed by atoms with Gasteiger partial charge in [-0.2, -0.15) is 0 Å². The topological polar surface area (TPSA) is 53.9 Å². The quantitative estimate of drug-likeness (QED) is 0.820. The van der Waals surface area contributed by atoms with Gasteiger partial charge in [0.15, 0.2) is 5.75 Å². The van der Waals surface area contributed by atoms with E-state index in [1.165, 1.54) is 45.0 Å². The van der Waals surface area contributed by atoms with Crippen LogP contribution in [-0.2, 0) is 6.54 Å². The predicted molar refractivity (Wildman–Crippen MR) is 96.5 cm³/mol. The number of carbonyl (C=O) groups excluding carboxylic acids is 1. The molecule has 2 saturated carbocycles. The van der Waals surface area contributed by atoms with Crippen LogP contribution >= 0.6 is 11.6 Å². The Hall–Kier alpha value is -1.75. The summed E-state index contributed by atoms with van der Waals surface area (Å²) in [7, 11) is 1.54. The first-order valence-electron chi connectivity index (χ1n) is 9.18. The van der Waals surface area contributed by atoms with E-state index in [0.29, 0.717) is 22.7 Å². The Labute approximate surface area is 152 Å². The molecule has 25 heavy (non-hydrogen) atoms. The van der Waals surface area contributed by atoms with Crippen LogP contribution in [0.2, 0.25) is 5.02 Å². The van der Waals surface area contributed by atoms with E-state index in [9.17, 15) is 4.79 Å². The molecule has 6 rings (SSSR count). The number of nitrogens with one attached hydrogen (secondary N) is 1. The van der Waals surface area contributed by atoms with Crippen molar-refractivity contribution < 1.29 is 9.53 Å². The molecule has 132 valence electrons. The fraction of sp³-hybridized carbons (Fsp3) is 0.579. The highest BCUT2D eigenvalue weighted by atomic mass is 35.5. The number of amides is 1. The number of amidine groups is 1. The maximum absolute atomic E-state index is 11.5. The summed E-state index contributed by atoms with van der Waals surface area (Å²) in [5.41, 5.74) is 1.91. The van der Waals surface area contributed by atoms with E-state index in [1.807, 2.05) is 6.07 Å². The number of aliphatic imine (C=N–C) groups is 1. The highest BCUT2D eigenvalue weighted by Gasteiger charge is 2.46. The van der Waals surface area contributed by atoms with Crippen molar-refractivity contribution in [2.24, 2.45) is 22.7 Å². The van der Waals surface area contributed by atoms with E-state index in [1.54, 1.807) is 6.07 Å². The van der Waals surface area contributed by atoms with Crippen LogP contribution in [0.3, 0.4) is 0 Å². The molecule has 5 aliphatic rings. The van der Waals surface area contributed by atoms with Gasteiger partial charge in [-0.25, -0.2) is 9.79 Å². The molecule has 0 radical (unpaired) electrons. The smallest absolute Gasteiger partial charge is 0.409 e. The molecule has 4 bridgehead atoms. The molecule has 6 heteroatoms. The summed E-state index contributed by atoms with van der Waals surface area (Å²) in [6, 6.07) is 4.26. The zero-order chi connectivity index (χ0) is 17.1. The molecule has 1 N–H and O–H groups in total. The second kappa shape index (κ2) is 5.63. The lowest BCUT2D eigenvalue weighted by molar-refractivity contribution is 0.128. The summed E-state index contributed by atoms with van der Waals surface area (Å²) in [6.45, 7) is 0.776. The van der Waals surface area contributed by atoms with Crippen LogP contribution in [0.4, 0.5) is 10.5 Å². The first-order chi connectivity index (χ1) is 12.1. The number of rotatable bonds is 1. The third-order valence-electron chi connectivity index (χ3n) is 6.37. The number of hydrogen-bond donors (Lipinski definition) is 1. The second-order valence-corrected chi connectivity index (χ2v) is 8.25. The highest BCUT2D eigenvalue weighted by Crippen LogP contribution is 2.51. The molecule has 0 spiro atoms. The molecular formula is C19H22ClN3O2. The molecule has 4 fully saturated rings. The lowest BCUT2D eigenvalue weighted by atomic mass is 9.68.